The lowest BCUT2D eigenvalue weighted by molar-refractivity contribution is 0.283. The minimum atomic E-state index is 0.241. The van der Waals surface area contributed by atoms with Gasteiger partial charge in [0.05, 0.1) is 5.69 Å². The molecule has 1 atom stereocenters. The molecule has 13 heavy (non-hydrogen) atoms. The summed E-state index contributed by atoms with van der Waals surface area (Å²) in [6.07, 6.45) is 2.59. The second kappa shape index (κ2) is 4.99. The van der Waals surface area contributed by atoms with Crippen LogP contribution in [0.2, 0.25) is 0 Å². The van der Waals surface area contributed by atoms with E-state index >= 15 is 0 Å². The summed E-state index contributed by atoms with van der Waals surface area (Å²) in [6, 6.07) is 2.29. The molecule has 0 fully saturated rings. The zero-order valence-corrected chi connectivity index (χ0v) is 8.20. The maximum Gasteiger partial charge on any atom is 0.0547 e. The quantitative estimate of drug-likeness (QED) is 0.652. The zero-order chi connectivity index (χ0) is 9.68. The smallest absolute Gasteiger partial charge is 0.0547 e. The highest BCUT2D eigenvalue weighted by Crippen LogP contribution is 2.09. The molecule has 0 bridgehead atoms. The van der Waals surface area contributed by atoms with Gasteiger partial charge in [-0.25, -0.2) is 0 Å². The van der Waals surface area contributed by atoms with Crippen LogP contribution in [0.3, 0.4) is 0 Å². The molecule has 0 aliphatic heterocycles. The third kappa shape index (κ3) is 2.82. The van der Waals surface area contributed by atoms with E-state index in [0.717, 1.165) is 18.7 Å². The van der Waals surface area contributed by atoms with Crippen molar-refractivity contribution in [2.45, 2.75) is 19.4 Å². The van der Waals surface area contributed by atoms with Crippen LogP contribution < -0.4 is 5.32 Å². The molecule has 74 valence electrons. The second-order valence-electron chi connectivity index (χ2n) is 3.13. The molecule has 0 radical (unpaired) electrons. The summed E-state index contributed by atoms with van der Waals surface area (Å²) in [5.74, 6) is 0. The number of hydrogen-bond donors (Lipinski definition) is 2. The van der Waals surface area contributed by atoms with E-state index in [-0.39, 0.29) is 6.61 Å². The van der Waals surface area contributed by atoms with Gasteiger partial charge in [-0.15, -0.1) is 0 Å². The lowest BCUT2D eigenvalue weighted by atomic mass is 10.2. The number of aryl methyl sites for hydroxylation is 1. The van der Waals surface area contributed by atoms with Crippen molar-refractivity contribution in [3.63, 3.8) is 0 Å². The Kier molecular flexibility index (Phi) is 3.92. The predicted molar refractivity (Wildman–Crippen MR) is 51.3 cm³/mol. The van der Waals surface area contributed by atoms with Crippen LogP contribution in [-0.2, 0) is 7.05 Å². The fourth-order valence-corrected chi connectivity index (χ4v) is 1.31. The van der Waals surface area contributed by atoms with Crippen molar-refractivity contribution in [1.82, 2.24) is 15.1 Å². The summed E-state index contributed by atoms with van der Waals surface area (Å²) >= 11 is 0. The standard InChI is InChI=1S/C9H17N3O/c1-8(10-5-3-7-13)9-4-6-11-12(9)2/h4,6,8,10,13H,3,5,7H2,1-2H3. The Morgan fingerprint density at radius 2 is 2.46 bits per heavy atom. The van der Waals surface area contributed by atoms with Gasteiger partial charge in [-0.3, -0.25) is 4.68 Å². The van der Waals surface area contributed by atoms with E-state index in [4.69, 9.17) is 5.11 Å². The largest absolute Gasteiger partial charge is 0.396 e. The number of rotatable bonds is 5. The van der Waals surface area contributed by atoms with Crippen molar-refractivity contribution in [2.24, 2.45) is 7.05 Å². The van der Waals surface area contributed by atoms with E-state index in [1.165, 1.54) is 0 Å². The van der Waals surface area contributed by atoms with Gasteiger partial charge in [0.2, 0.25) is 0 Å². The van der Waals surface area contributed by atoms with Crippen LogP contribution in [0.4, 0.5) is 0 Å². The van der Waals surface area contributed by atoms with E-state index in [1.807, 2.05) is 17.8 Å². The molecule has 1 aromatic rings. The van der Waals surface area contributed by atoms with Crippen molar-refractivity contribution in [1.29, 1.82) is 0 Å². The van der Waals surface area contributed by atoms with Crippen LogP contribution in [0.25, 0.3) is 0 Å². The number of aliphatic hydroxyl groups is 1. The monoisotopic (exact) mass is 183 g/mol. The van der Waals surface area contributed by atoms with Crippen molar-refractivity contribution in [3.8, 4) is 0 Å². The first-order valence-electron chi connectivity index (χ1n) is 4.58. The molecular formula is C9H17N3O. The predicted octanol–water partition coefficient (Wildman–Crippen LogP) is 0.453. The van der Waals surface area contributed by atoms with Gasteiger partial charge >= 0.3 is 0 Å². The van der Waals surface area contributed by atoms with Crippen molar-refractivity contribution in [3.05, 3.63) is 18.0 Å². The van der Waals surface area contributed by atoms with Crippen LogP contribution in [0, 0.1) is 0 Å². The number of hydrogen-bond acceptors (Lipinski definition) is 3. The number of aromatic nitrogens is 2. The lowest BCUT2D eigenvalue weighted by Crippen LogP contribution is -2.22. The van der Waals surface area contributed by atoms with E-state index in [9.17, 15) is 0 Å². The van der Waals surface area contributed by atoms with Crippen LogP contribution in [0.5, 0.6) is 0 Å². The molecule has 1 unspecified atom stereocenters. The zero-order valence-electron chi connectivity index (χ0n) is 8.20. The Balaban J connectivity index is 2.39. The van der Waals surface area contributed by atoms with Crippen molar-refractivity contribution < 1.29 is 5.11 Å². The highest BCUT2D eigenvalue weighted by molar-refractivity contribution is 5.04. The molecule has 0 aromatic carbocycles. The second-order valence-corrected chi connectivity index (χ2v) is 3.13. The molecule has 0 amide bonds. The van der Waals surface area contributed by atoms with Gasteiger partial charge in [0.1, 0.15) is 0 Å². The van der Waals surface area contributed by atoms with Gasteiger partial charge < -0.3 is 10.4 Å². The first kappa shape index (κ1) is 10.2. The van der Waals surface area contributed by atoms with E-state index in [0.29, 0.717) is 6.04 Å². The Bertz CT molecular complexity index is 247. The Morgan fingerprint density at radius 3 is 3.00 bits per heavy atom. The molecular weight excluding hydrogens is 166 g/mol. The molecule has 0 aliphatic rings. The summed E-state index contributed by atoms with van der Waals surface area (Å²) in [7, 11) is 1.93. The molecule has 1 aromatic heterocycles. The highest BCUT2D eigenvalue weighted by Gasteiger charge is 2.07. The van der Waals surface area contributed by atoms with E-state index in [2.05, 4.69) is 17.3 Å². The van der Waals surface area contributed by atoms with Crippen LogP contribution in [0.15, 0.2) is 12.3 Å². The number of nitrogens with one attached hydrogen (secondary N) is 1. The maximum absolute atomic E-state index is 8.61. The summed E-state index contributed by atoms with van der Waals surface area (Å²) in [5.41, 5.74) is 1.16. The van der Waals surface area contributed by atoms with Gasteiger partial charge in [0.15, 0.2) is 0 Å². The SMILES string of the molecule is CC(NCCCO)c1ccnn1C. The third-order valence-corrected chi connectivity index (χ3v) is 2.09. The maximum atomic E-state index is 8.61. The molecule has 1 heterocycles. The molecule has 0 saturated carbocycles. The summed E-state index contributed by atoms with van der Waals surface area (Å²) in [4.78, 5) is 0. The van der Waals surface area contributed by atoms with E-state index in [1.54, 1.807) is 6.20 Å². The number of nitrogens with zero attached hydrogens (tertiary/aromatic N) is 2. The van der Waals surface area contributed by atoms with Crippen molar-refractivity contribution in [2.75, 3.05) is 13.2 Å². The minimum Gasteiger partial charge on any atom is -0.396 e. The first-order valence-corrected chi connectivity index (χ1v) is 4.58. The summed E-state index contributed by atoms with van der Waals surface area (Å²) < 4.78 is 1.86. The van der Waals surface area contributed by atoms with Crippen LogP contribution in [0.1, 0.15) is 25.1 Å². The molecule has 0 spiro atoms. The first-order chi connectivity index (χ1) is 6.25. The van der Waals surface area contributed by atoms with Crippen molar-refractivity contribution >= 4 is 0 Å². The average molecular weight is 183 g/mol. The average Bonchev–Trinajstić information content (AvgIpc) is 2.52. The molecule has 1 rings (SSSR count). The Hall–Kier alpha value is -0.870. The summed E-state index contributed by atoms with van der Waals surface area (Å²) in [5, 5.41) is 16.0. The van der Waals surface area contributed by atoms with Gasteiger partial charge in [-0.1, -0.05) is 0 Å². The van der Waals surface area contributed by atoms with Gasteiger partial charge in [0.25, 0.3) is 0 Å². The van der Waals surface area contributed by atoms with Crippen LogP contribution in [-0.4, -0.2) is 28.0 Å². The molecule has 4 nitrogen and oxygen atoms in total. The van der Waals surface area contributed by atoms with E-state index < -0.39 is 0 Å². The molecule has 0 aliphatic carbocycles. The normalized spacial score (nSPS) is 13.2. The fraction of sp³-hybridized carbons (Fsp3) is 0.667. The van der Waals surface area contributed by atoms with Gasteiger partial charge in [-0.05, 0) is 26.0 Å². The lowest BCUT2D eigenvalue weighted by Gasteiger charge is -2.13. The third-order valence-electron chi connectivity index (χ3n) is 2.09. The Labute approximate surface area is 78.6 Å². The van der Waals surface area contributed by atoms with Gasteiger partial charge in [-0.2, -0.15) is 5.10 Å². The van der Waals surface area contributed by atoms with Gasteiger partial charge in [0, 0.05) is 25.9 Å². The highest BCUT2D eigenvalue weighted by atomic mass is 16.3. The van der Waals surface area contributed by atoms with Crippen LogP contribution >= 0.6 is 0 Å². The fourth-order valence-electron chi connectivity index (χ4n) is 1.31. The molecule has 4 heteroatoms. The minimum absolute atomic E-state index is 0.241. The summed E-state index contributed by atoms with van der Waals surface area (Å²) in [6.45, 7) is 3.17. The molecule has 0 saturated heterocycles. The molecule has 2 N–H and O–H groups in total. The number of aliphatic hydroxyl groups excluding tert-OH is 1. The topological polar surface area (TPSA) is 50.1 Å². The Morgan fingerprint density at radius 1 is 1.69 bits per heavy atom.